The summed E-state index contributed by atoms with van der Waals surface area (Å²) in [6, 6.07) is 40.1. The number of carbonyl (C=O) groups excluding carboxylic acids is 3. The zero-order chi connectivity index (χ0) is 60.9. The molecule has 6 aromatic carbocycles. The van der Waals surface area contributed by atoms with E-state index in [1.807, 2.05) is 79.7 Å². The van der Waals surface area contributed by atoms with Gasteiger partial charge in [0.2, 0.25) is 0 Å². The van der Waals surface area contributed by atoms with Crippen LogP contribution in [0.5, 0.6) is 23.0 Å². The van der Waals surface area contributed by atoms with Gasteiger partial charge in [0.25, 0.3) is 0 Å². The Hall–Kier alpha value is -4.93. The SMILES string of the molecule is CC(CCC(O)c1cccc(Cl)c1)Cc1ccc2c(c1)OC(C(=O)[O-])(C(=O)[O-])O2.COCC(=O)COc1ccc(CC(C)CCC(O)c2cccc(Cl)c2)cc1.C[C@H](CC1CNc2c(OCC(=O)O)cccc21)NC[C@H](O)c1cccc(Cl)c1.[Na+].[Na+]. The minimum absolute atomic E-state index is 0. The number of carboxylic acids is 3. The molecule has 2 aliphatic heterocycles. The molecule has 0 spiro atoms. The molecule has 17 nitrogen and oxygen atoms in total. The molecule has 0 radical (unpaired) electrons. The van der Waals surface area contributed by atoms with Gasteiger partial charge in [-0.15, -0.1) is 0 Å². The van der Waals surface area contributed by atoms with Gasteiger partial charge in [0.1, 0.15) is 36.7 Å². The van der Waals surface area contributed by atoms with Gasteiger partial charge in [-0.25, -0.2) is 4.79 Å². The summed E-state index contributed by atoms with van der Waals surface area (Å²) in [7, 11) is 1.49. The fraction of sp³-hybridized carbons (Fsp3) is 0.375. The Morgan fingerprint density at radius 2 is 1.15 bits per heavy atom. The third kappa shape index (κ3) is 22.9. The second-order valence-corrected chi connectivity index (χ2v) is 22.4. The number of methoxy groups -OCH3 is 1. The molecule has 6 N–H and O–H groups in total. The number of carboxylic acid groups (broad SMARTS) is 3. The van der Waals surface area contributed by atoms with E-state index in [0.717, 1.165) is 65.7 Å². The second kappa shape index (κ2) is 36.5. The number of hydrogen-bond donors (Lipinski definition) is 6. The van der Waals surface area contributed by atoms with Gasteiger partial charge in [0, 0.05) is 47.2 Å². The van der Waals surface area contributed by atoms with E-state index in [1.54, 1.807) is 48.5 Å². The molecule has 0 fully saturated rings. The molecule has 0 aromatic heterocycles. The topological polar surface area (TPSA) is 266 Å². The number of Topliss-reactive ketones (excluding diaryl/α,β-unsaturated/α-hetero) is 1. The van der Waals surface area contributed by atoms with Crippen molar-refractivity contribution in [1.29, 1.82) is 0 Å². The van der Waals surface area contributed by atoms with Crippen LogP contribution in [-0.4, -0.2) is 96.0 Å². The molecule has 0 saturated heterocycles. The largest absolute Gasteiger partial charge is 1.00 e. The van der Waals surface area contributed by atoms with Gasteiger partial charge in [-0.2, -0.15) is 0 Å². The summed E-state index contributed by atoms with van der Waals surface area (Å²) < 4.78 is 25.5. The van der Waals surface area contributed by atoms with Crippen LogP contribution in [0.15, 0.2) is 133 Å². The van der Waals surface area contributed by atoms with Crippen LogP contribution in [0.2, 0.25) is 15.1 Å². The fourth-order valence-electron chi connectivity index (χ4n) is 9.70. The zero-order valence-electron chi connectivity index (χ0n) is 49.1. The first-order valence-electron chi connectivity index (χ1n) is 27.5. The summed E-state index contributed by atoms with van der Waals surface area (Å²) in [6.07, 6.45) is 3.56. The predicted octanol–water partition coefficient (Wildman–Crippen LogP) is 3.05. The van der Waals surface area contributed by atoms with Gasteiger partial charge in [0.05, 0.1) is 24.0 Å². The van der Waals surface area contributed by atoms with E-state index in [1.165, 1.54) is 24.8 Å². The van der Waals surface area contributed by atoms with Crippen molar-refractivity contribution in [3.05, 3.63) is 182 Å². The molecule has 0 bridgehead atoms. The molecule has 0 aliphatic carbocycles. The molecular formula is C64H71Cl3N2Na2O15. The molecule has 5 unspecified atom stereocenters. The number of ketones is 1. The first-order valence-corrected chi connectivity index (χ1v) is 28.7. The van der Waals surface area contributed by atoms with Crippen LogP contribution in [0.1, 0.15) is 110 Å². The molecule has 2 aliphatic rings. The molecule has 86 heavy (non-hydrogen) atoms. The number of ether oxygens (including phenoxy) is 5. The van der Waals surface area contributed by atoms with E-state index >= 15 is 0 Å². The molecule has 8 rings (SSSR count). The number of para-hydroxylation sites is 1. The Balaban J connectivity index is 0.000000273. The number of benzene rings is 6. The first-order chi connectivity index (χ1) is 40.1. The molecule has 450 valence electrons. The monoisotopic (exact) mass is 1260 g/mol. The summed E-state index contributed by atoms with van der Waals surface area (Å²) in [4.78, 5) is 44.5. The molecule has 0 amide bonds. The smallest absolute Gasteiger partial charge is 0.542 e. The molecule has 0 saturated carbocycles. The number of fused-ring (bicyclic) bond motifs is 2. The van der Waals surface area contributed by atoms with Crippen LogP contribution in [0, 0.1) is 11.8 Å². The Labute approximate surface area is 561 Å². The van der Waals surface area contributed by atoms with Gasteiger partial charge < -0.3 is 74.5 Å². The van der Waals surface area contributed by atoms with Gasteiger partial charge in [-0.3, -0.25) is 4.79 Å². The average molecular weight is 1260 g/mol. The molecule has 7 atom stereocenters. The normalized spacial score (nSPS) is 15.3. The number of halogens is 3. The summed E-state index contributed by atoms with van der Waals surface area (Å²) >= 11 is 17.9. The van der Waals surface area contributed by atoms with Crippen LogP contribution in [-0.2, 0) is 36.8 Å². The minimum Gasteiger partial charge on any atom is -0.542 e. The molecule has 2 heterocycles. The van der Waals surface area contributed by atoms with Crippen LogP contribution >= 0.6 is 34.8 Å². The Morgan fingerprint density at radius 1 is 0.640 bits per heavy atom. The number of rotatable bonds is 28. The van der Waals surface area contributed by atoms with E-state index < -0.39 is 42.0 Å². The number of aliphatic carboxylic acids is 3. The summed E-state index contributed by atoms with van der Waals surface area (Å²) in [5.41, 5.74) is 6.43. The third-order valence-corrected chi connectivity index (χ3v) is 14.8. The number of carbonyl (C=O) groups is 4. The van der Waals surface area contributed by atoms with Crippen LogP contribution in [0.4, 0.5) is 5.69 Å². The van der Waals surface area contributed by atoms with Gasteiger partial charge >= 0.3 is 70.9 Å². The first kappa shape index (κ1) is 73.5. The number of anilines is 1. The second-order valence-electron chi connectivity index (χ2n) is 21.1. The van der Waals surface area contributed by atoms with Crippen molar-refractivity contribution >= 4 is 64.2 Å². The zero-order valence-corrected chi connectivity index (χ0v) is 55.4. The van der Waals surface area contributed by atoms with E-state index in [2.05, 4.69) is 24.5 Å². The number of hydrogen-bond acceptors (Lipinski definition) is 16. The number of nitrogens with one attached hydrogen (secondary N) is 2. The number of aliphatic hydroxyl groups is 3. The third-order valence-electron chi connectivity index (χ3n) is 14.1. The maximum Gasteiger partial charge on any atom is 1.00 e. The van der Waals surface area contributed by atoms with Crippen LogP contribution < -0.4 is 98.9 Å². The number of aliphatic hydroxyl groups excluding tert-OH is 3. The quantitative estimate of drug-likeness (QED) is 0.0305. The fourth-order valence-corrected chi connectivity index (χ4v) is 10.3. The van der Waals surface area contributed by atoms with Crippen LogP contribution in [0.3, 0.4) is 0 Å². The maximum atomic E-state index is 11.4. The Kier molecular flexibility index (Phi) is 31.2. The van der Waals surface area contributed by atoms with Crippen LogP contribution in [0.25, 0.3) is 0 Å². The van der Waals surface area contributed by atoms with E-state index in [0.29, 0.717) is 58.3 Å². The van der Waals surface area contributed by atoms with Gasteiger partial charge in [-0.1, -0.05) is 115 Å². The van der Waals surface area contributed by atoms with Crippen molar-refractivity contribution in [1.82, 2.24) is 5.32 Å². The van der Waals surface area contributed by atoms with Crippen molar-refractivity contribution in [3.63, 3.8) is 0 Å². The van der Waals surface area contributed by atoms with E-state index in [-0.39, 0.29) is 114 Å². The van der Waals surface area contributed by atoms with Gasteiger partial charge in [0.15, 0.2) is 23.9 Å². The standard InChI is InChI=1S/C22H27ClO4.C21H25ClN2O4.C21H21ClO7.2Na/c1-16(6-11-22(25)18-4-3-5-19(23)13-18)12-17-7-9-21(10-8-17)27-15-20(24)14-26-2;1-13(23-11-18(25)14-4-2-5-16(22)9-14)8-15-10-24-21-17(15)6-3-7-19(21)28-12-20(26)27;1-12(5-7-16(23)14-3-2-4-15(22)11-14)9-13-6-8-17-18(10-13)29-21(28-17,19(24)25)20(26)27;;/h3-5,7-10,13,16,22,25H,6,11-12,14-15H2,1-2H3;2-7,9,13,15,18,23-25H,8,10-12H2,1H3,(H,26,27);2-4,6,8,10-12,16,23H,5,7,9H2,1H3,(H,24,25)(H,26,27);;/q;;;2*+1/p-2/t;13-,15?,18+;;;/m.1.../s1. The molecule has 6 aromatic rings. The average Bonchev–Trinajstić information content (AvgIpc) is 1.87. The van der Waals surface area contributed by atoms with E-state index in [9.17, 15) is 44.7 Å². The summed E-state index contributed by atoms with van der Waals surface area (Å²) in [5.74, 6) is -6.00. The Bertz CT molecular complexity index is 3130. The summed E-state index contributed by atoms with van der Waals surface area (Å²) in [5, 5.41) is 70.7. The Morgan fingerprint density at radius 3 is 1.67 bits per heavy atom. The minimum atomic E-state index is -2.98. The van der Waals surface area contributed by atoms with Gasteiger partial charge in [-0.05, 0) is 164 Å². The van der Waals surface area contributed by atoms with Crippen molar-refractivity contribution < 1.29 is 133 Å². The van der Waals surface area contributed by atoms with Crippen molar-refractivity contribution in [2.75, 3.05) is 45.3 Å². The maximum absolute atomic E-state index is 11.4. The predicted molar refractivity (Wildman–Crippen MR) is 316 cm³/mol. The van der Waals surface area contributed by atoms with Crippen molar-refractivity contribution in [2.45, 2.75) is 102 Å². The summed E-state index contributed by atoms with van der Waals surface area (Å²) in [6.45, 7) is 7.22. The molecule has 22 heteroatoms. The molecular weight excluding hydrogens is 1190 g/mol. The van der Waals surface area contributed by atoms with Crippen molar-refractivity contribution in [2.24, 2.45) is 11.8 Å². The van der Waals surface area contributed by atoms with E-state index in [4.69, 9.17) is 63.6 Å². The van der Waals surface area contributed by atoms with Crippen molar-refractivity contribution in [3.8, 4) is 23.0 Å².